The summed E-state index contributed by atoms with van der Waals surface area (Å²) in [5.74, 6) is -0.270. The molecule has 0 aliphatic heterocycles. The van der Waals surface area contributed by atoms with Crippen LogP contribution in [0.2, 0.25) is 0 Å². The maximum Gasteiger partial charge on any atom is 0.255 e. The Hall–Kier alpha value is -2.91. The van der Waals surface area contributed by atoms with Gasteiger partial charge in [0.15, 0.2) is 0 Å². The highest BCUT2D eigenvalue weighted by molar-refractivity contribution is 6.04. The van der Waals surface area contributed by atoms with Crippen LogP contribution in [0, 0.1) is 0 Å². The van der Waals surface area contributed by atoms with Crippen molar-refractivity contribution < 1.29 is 15.0 Å². The third-order valence-corrected chi connectivity index (χ3v) is 3.29. The van der Waals surface area contributed by atoms with Gasteiger partial charge in [-0.3, -0.25) is 4.79 Å². The number of hydrogen-bond donors (Lipinski definition) is 1. The van der Waals surface area contributed by atoms with Gasteiger partial charge in [-0.2, -0.15) is 0 Å². The smallest absolute Gasteiger partial charge is 0.255 e. The van der Waals surface area contributed by atoms with E-state index in [0.29, 0.717) is 11.3 Å². The lowest BCUT2D eigenvalue weighted by molar-refractivity contribution is 0.102. The molecule has 0 unspecified atom stereocenters. The summed E-state index contributed by atoms with van der Waals surface area (Å²) in [4.78, 5) is 12.2. The molecule has 0 aliphatic carbocycles. The molecule has 0 spiro atoms. The van der Waals surface area contributed by atoms with Crippen LogP contribution < -0.4 is 5.32 Å². The van der Waals surface area contributed by atoms with Gasteiger partial charge in [0.1, 0.15) is 0 Å². The molecule has 3 aromatic carbocycles. The van der Waals surface area contributed by atoms with Crippen molar-refractivity contribution >= 4 is 11.6 Å². The van der Waals surface area contributed by atoms with Crippen LogP contribution >= 0.6 is 0 Å². The second kappa shape index (κ2) is 8.09. The van der Waals surface area contributed by atoms with E-state index in [2.05, 4.69) is 5.32 Å². The Labute approximate surface area is 147 Å². The van der Waals surface area contributed by atoms with E-state index in [-0.39, 0.29) is 17.0 Å². The van der Waals surface area contributed by atoms with Gasteiger partial charge in [0.05, 0.1) is 18.6 Å². The highest BCUT2D eigenvalue weighted by atomic mass is 16.5. The summed E-state index contributed by atoms with van der Waals surface area (Å²) in [5.41, 5.74) is 1.39. The van der Waals surface area contributed by atoms with Crippen LogP contribution in [-0.4, -0.2) is 5.91 Å². The molecule has 3 nitrogen and oxygen atoms in total. The van der Waals surface area contributed by atoms with Crippen LogP contribution in [-0.2, 0) is 17.9 Å². The van der Waals surface area contributed by atoms with E-state index in [0.717, 1.165) is 0 Å². The molecule has 0 fully saturated rings. The Kier molecular flexibility index (Phi) is 3.91. The normalized spacial score (nSPS) is 14.0. The van der Waals surface area contributed by atoms with E-state index in [1.165, 1.54) is 24.3 Å². The van der Waals surface area contributed by atoms with Crippen LogP contribution in [0.5, 0.6) is 0 Å². The number of amides is 1. The first kappa shape index (κ1) is 11.6. The van der Waals surface area contributed by atoms with Gasteiger partial charge in [0, 0.05) is 11.3 Å². The summed E-state index contributed by atoms with van der Waals surface area (Å²) in [6, 6.07) is 22.9. The van der Waals surface area contributed by atoms with Gasteiger partial charge in [0.2, 0.25) is 0 Å². The molecule has 3 rings (SSSR count). The van der Waals surface area contributed by atoms with E-state index in [1.807, 2.05) is 6.07 Å². The summed E-state index contributed by atoms with van der Waals surface area (Å²) in [6.45, 7) is -4.66. The van der Waals surface area contributed by atoms with Crippen molar-refractivity contribution in [3.63, 3.8) is 0 Å². The molecule has 0 atom stereocenters. The Morgan fingerprint density at radius 1 is 0.792 bits per heavy atom. The van der Waals surface area contributed by atoms with Crippen LogP contribution in [0.1, 0.15) is 27.0 Å². The quantitative estimate of drug-likeness (QED) is 0.717. The Balaban J connectivity index is 1.72. The first-order valence-electron chi connectivity index (χ1n) is 9.51. The first-order valence-corrected chi connectivity index (χ1v) is 7.51. The first-order chi connectivity index (χ1) is 13.3. The fourth-order valence-corrected chi connectivity index (χ4v) is 2.06. The lowest BCUT2D eigenvalue weighted by atomic mass is 10.2. The van der Waals surface area contributed by atoms with Gasteiger partial charge < -0.3 is 10.1 Å². The third kappa shape index (κ3) is 4.54. The second-order valence-corrected chi connectivity index (χ2v) is 5.07. The molecule has 3 aromatic rings. The van der Waals surface area contributed by atoms with Crippen molar-refractivity contribution in [2.45, 2.75) is 13.1 Å². The zero-order valence-electron chi connectivity index (χ0n) is 16.9. The molecule has 0 bridgehead atoms. The molecule has 120 valence electrons. The predicted molar refractivity (Wildman–Crippen MR) is 95.8 cm³/mol. The Morgan fingerprint density at radius 3 is 1.96 bits per heavy atom. The van der Waals surface area contributed by atoms with Crippen LogP contribution in [0.25, 0.3) is 0 Å². The zero-order valence-corrected chi connectivity index (χ0v) is 12.9. The number of carbonyl (C=O) groups is 1. The molecule has 3 heteroatoms. The van der Waals surface area contributed by atoms with Crippen LogP contribution in [0.3, 0.4) is 0 Å². The molecule has 0 heterocycles. The highest BCUT2D eigenvalue weighted by Crippen LogP contribution is 2.13. The monoisotopic (exact) mass is 321 g/mol. The number of benzene rings is 3. The highest BCUT2D eigenvalue weighted by Gasteiger charge is 2.04. The number of hydrogen-bond acceptors (Lipinski definition) is 2. The lowest BCUT2D eigenvalue weighted by Gasteiger charge is -2.08. The van der Waals surface area contributed by atoms with E-state index >= 15 is 0 Å². The largest absolute Gasteiger partial charge is 0.372 e. The molecule has 0 radical (unpaired) electrons. The Morgan fingerprint density at radius 2 is 1.33 bits per heavy atom. The van der Waals surface area contributed by atoms with E-state index < -0.39 is 13.1 Å². The maximum atomic E-state index is 12.2. The van der Waals surface area contributed by atoms with Gasteiger partial charge >= 0.3 is 0 Å². The van der Waals surface area contributed by atoms with Crippen LogP contribution in [0.15, 0.2) is 84.9 Å². The fourth-order valence-electron chi connectivity index (χ4n) is 2.06. The number of nitrogens with one attached hydrogen (secondary N) is 1. The topological polar surface area (TPSA) is 38.3 Å². The average Bonchev–Trinajstić information content (AvgIpc) is 2.69. The summed E-state index contributed by atoms with van der Waals surface area (Å²) in [6.07, 6.45) is 0. The minimum atomic E-state index is -2.36. The SMILES string of the molecule is [2H]C([2H])(OC([2H])([2H])c1ccc(NC(=O)c2ccccc2)cc1)c1ccccc1. The molecular weight excluding hydrogens is 298 g/mol. The van der Waals surface area contributed by atoms with Crippen LogP contribution in [0.4, 0.5) is 5.69 Å². The second-order valence-electron chi connectivity index (χ2n) is 5.07. The van der Waals surface area contributed by atoms with E-state index in [1.54, 1.807) is 54.6 Å². The summed E-state index contributed by atoms with van der Waals surface area (Å²) >= 11 is 0. The van der Waals surface area contributed by atoms with Crippen molar-refractivity contribution in [2.24, 2.45) is 0 Å². The summed E-state index contributed by atoms with van der Waals surface area (Å²) in [5, 5.41) is 2.73. The van der Waals surface area contributed by atoms with Gasteiger partial charge in [-0.05, 0) is 35.4 Å². The molecule has 1 amide bonds. The van der Waals surface area contributed by atoms with Crippen molar-refractivity contribution in [3.8, 4) is 0 Å². The zero-order chi connectivity index (χ0) is 20.2. The third-order valence-electron chi connectivity index (χ3n) is 3.29. The molecule has 0 aromatic heterocycles. The number of carbonyl (C=O) groups excluding carboxylic acids is 1. The van der Waals surface area contributed by atoms with Crippen molar-refractivity contribution in [3.05, 3.63) is 102 Å². The molecular formula is C21H19NO2. The molecule has 0 aliphatic rings. The minimum Gasteiger partial charge on any atom is -0.372 e. The van der Waals surface area contributed by atoms with Gasteiger partial charge in [-0.1, -0.05) is 60.7 Å². The fraction of sp³-hybridized carbons (Fsp3) is 0.0952. The minimum absolute atomic E-state index is 0.144. The Bertz CT molecular complexity index is 930. The van der Waals surface area contributed by atoms with Crippen molar-refractivity contribution in [2.75, 3.05) is 5.32 Å². The van der Waals surface area contributed by atoms with Gasteiger partial charge in [0.25, 0.3) is 5.91 Å². The predicted octanol–water partition coefficient (Wildman–Crippen LogP) is 4.66. The number of ether oxygens (including phenoxy) is 1. The number of anilines is 1. The number of rotatable bonds is 6. The van der Waals surface area contributed by atoms with E-state index in [4.69, 9.17) is 10.2 Å². The van der Waals surface area contributed by atoms with E-state index in [9.17, 15) is 4.79 Å². The lowest BCUT2D eigenvalue weighted by Crippen LogP contribution is -2.11. The molecule has 0 saturated carbocycles. The van der Waals surface area contributed by atoms with Gasteiger partial charge in [-0.15, -0.1) is 0 Å². The summed E-state index contributed by atoms with van der Waals surface area (Å²) in [7, 11) is 0. The molecule has 1 N–H and O–H groups in total. The summed E-state index contributed by atoms with van der Waals surface area (Å²) < 4.78 is 37.5. The maximum absolute atomic E-state index is 12.2. The average molecular weight is 321 g/mol. The van der Waals surface area contributed by atoms with Crippen molar-refractivity contribution in [1.82, 2.24) is 0 Å². The van der Waals surface area contributed by atoms with Crippen molar-refractivity contribution in [1.29, 1.82) is 0 Å². The molecule has 24 heavy (non-hydrogen) atoms. The standard InChI is InChI=1S/C21H19NO2/c23-21(19-9-5-2-6-10-19)22-20-13-11-18(12-14-20)16-24-15-17-7-3-1-4-8-17/h1-14H,15-16H2,(H,22,23)/i15D2,16D2. The van der Waals surface area contributed by atoms with Gasteiger partial charge in [-0.25, -0.2) is 0 Å². The molecule has 0 saturated heterocycles.